The molecule has 0 bridgehead atoms. The average molecular weight is 320 g/mol. The number of rotatable bonds is 0. The first-order valence-electron chi connectivity index (χ1n) is 8.40. The van der Waals surface area contributed by atoms with E-state index in [-0.39, 0.29) is 12.1 Å². The van der Waals surface area contributed by atoms with E-state index in [2.05, 4.69) is 0 Å². The first-order chi connectivity index (χ1) is 11.6. The lowest BCUT2D eigenvalue weighted by Gasteiger charge is -2.27. The van der Waals surface area contributed by atoms with Gasteiger partial charge in [0.1, 0.15) is 0 Å². The van der Waals surface area contributed by atoms with Gasteiger partial charge in [0.2, 0.25) is 0 Å². The van der Waals surface area contributed by atoms with Crippen LogP contribution in [-0.4, -0.2) is 23.9 Å². The van der Waals surface area contributed by atoms with Crippen LogP contribution in [-0.2, 0) is 22.4 Å². The standard InChI is InChI=1S/C20H20N2O2/c1-13-11-15-7-3-5-9-17(15)21(13)19(23)20(24)22-14(2)12-16-8-4-6-10-18(16)22/h3-10,13-14H,11-12H2,1-2H3. The minimum Gasteiger partial charge on any atom is -0.301 e. The van der Waals surface area contributed by atoms with Crippen LogP contribution in [0.15, 0.2) is 48.5 Å². The number of benzene rings is 2. The smallest absolute Gasteiger partial charge is 0.301 e. The third-order valence-corrected chi connectivity index (χ3v) is 5.04. The molecule has 2 amide bonds. The highest BCUT2D eigenvalue weighted by molar-refractivity contribution is 6.45. The Labute approximate surface area is 141 Å². The Morgan fingerprint density at radius 1 is 0.750 bits per heavy atom. The van der Waals surface area contributed by atoms with E-state index in [4.69, 9.17) is 0 Å². The minimum atomic E-state index is -0.434. The molecule has 2 aliphatic rings. The molecule has 4 nitrogen and oxygen atoms in total. The number of nitrogens with zero attached hydrogens (tertiary/aromatic N) is 2. The first-order valence-corrected chi connectivity index (χ1v) is 8.40. The fourth-order valence-electron chi connectivity index (χ4n) is 3.96. The fraction of sp³-hybridized carbons (Fsp3) is 0.300. The maximum absolute atomic E-state index is 13.0. The lowest BCUT2D eigenvalue weighted by atomic mass is 10.1. The zero-order chi connectivity index (χ0) is 16.8. The van der Waals surface area contributed by atoms with E-state index in [9.17, 15) is 9.59 Å². The van der Waals surface area contributed by atoms with Crippen LogP contribution >= 0.6 is 0 Å². The Bertz CT molecular complexity index is 760. The maximum atomic E-state index is 13.0. The van der Waals surface area contributed by atoms with Crippen LogP contribution in [0.3, 0.4) is 0 Å². The van der Waals surface area contributed by atoms with Crippen LogP contribution in [0.5, 0.6) is 0 Å². The summed E-state index contributed by atoms with van der Waals surface area (Å²) < 4.78 is 0. The zero-order valence-corrected chi connectivity index (χ0v) is 13.9. The first kappa shape index (κ1) is 14.9. The maximum Gasteiger partial charge on any atom is 0.317 e. The number of anilines is 2. The topological polar surface area (TPSA) is 40.6 Å². The lowest BCUT2D eigenvalue weighted by molar-refractivity contribution is -0.136. The van der Waals surface area contributed by atoms with E-state index < -0.39 is 11.8 Å². The summed E-state index contributed by atoms with van der Waals surface area (Å²) in [5.41, 5.74) is 3.98. The largest absolute Gasteiger partial charge is 0.317 e. The molecule has 122 valence electrons. The molecule has 0 N–H and O–H groups in total. The zero-order valence-electron chi connectivity index (χ0n) is 13.9. The molecular weight excluding hydrogens is 300 g/mol. The Morgan fingerprint density at radius 2 is 1.12 bits per heavy atom. The van der Waals surface area contributed by atoms with E-state index in [1.807, 2.05) is 62.4 Å². The van der Waals surface area contributed by atoms with E-state index in [1.165, 1.54) is 0 Å². The van der Waals surface area contributed by atoms with Gasteiger partial charge in [0, 0.05) is 23.5 Å². The molecule has 0 saturated carbocycles. The van der Waals surface area contributed by atoms with E-state index >= 15 is 0 Å². The van der Waals surface area contributed by atoms with E-state index in [0.29, 0.717) is 0 Å². The second-order valence-corrected chi connectivity index (χ2v) is 6.71. The van der Waals surface area contributed by atoms with Crippen molar-refractivity contribution < 1.29 is 9.59 Å². The molecule has 4 heteroatoms. The van der Waals surface area contributed by atoms with Crippen LogP contribution in [0, 0.1) is 0 Å². The normalized spacial score (nSPS) is 21.6. The van der Waals surface area contributed by atoms with Gasteiger partial charge in [-0.3, -0.25) is 9.59 Å². The van der Waals surface area contributed by atoms with E-state index in [0.717, 1.165) is 35.3 Å². The van der Waals surface area contributed by atoms with Crippen molar-refractivity contribution in [1.82, 2.24) is 0 Å². The number of hydrogen-bond acceptors (Lipinski definition) is 2. The number of para-hydroxylation sites is 2. The molecule has 0 spiro atoms. The van der Waals surface area contributed by atoms with Crippen LogP contribution in [0.4, 0.5) is 11.4 Å². The van der Waals surface area contributed by atoms with Gasteiger partial charge in [-0.2, -0.15) is 0 Å². The van der Waals surface area contributed by atoms with Crippen molar-refractivity contribution in [3.05, 3.63) is 59.7 Å². The van der Waals surface area contributed by atoms with Crippen molar-refractivity contribution >= 4 is 23.2 Å². The average Bonchev–Trinajstić information content (AvgIpc) is 3.08. The van der Waals surface area contributed by atoms with Gasteiger partial charge in [-0.25, -0.2) is 0 Å². The van der Waals surface area contributed by atoms with Gasteiger partial charge in [-0.15, -0.1) is 0 Å². The predicted octanol–water partition coefficient (Wildman–Crippen LogP) is 2.94. The molecule has 4 rings (SSSR count). The van der Waals surface area contributed by atoms with Crippen LogP contribution in [0.25, 0.3) is 0 Å². The number of carbonyl (C=O) groups excluding carboxylic acids is 2. The molecule has 0 aromatic heterocycles. The highest BCUT2D eigenvalue weighted by Gasteiger charge is 2.40. The summed E-state index contributed by atoms with van der Waals surface area (Å²) in [6.07, 6.45) is 1.59. The molecule has 2 atom stereocenters. The summed E-state index contributed by atoms with van der Waals surface area (Å²) in [4.78, 5) is 29.3. The van der Waals surface area contributed by atoms with Crippen LogP contribution in [0.2, 0.25) is 0 Å². The molecule has 2 aromatic rings. The van der Waals surface area contributed by atoms with Crippen molar-refractivity contribution in [2.75, 3.05) is 9.80 Å². The number of carbonyl (C=O) groups is 2. The monoisotopic (exact) mass is 320 g/mol. The Balaban J connectivity index is 1.67. The van der Waals surface area contributed by atoms with Gasteiger partial charge < -0.3 is 9.80 Å². The summed E-state index contributed by atoms with van der Waals surface area (Å²) in [5.74, 6) is -0.869. The number of hydrogen-bond donors (Lipinski definition) is 0. The molecule has 0 fully saturated rings. The summed E-state index contributed by atoms with van der Waals surface area (Å²) in [6, 6.07) is 15.7. The predicted molar refractivity (Wildman–Crippen MR) is 94.2 cm³/mol. The van der Waals surface area contributed by atoms with Crippen molar-refractivity contribution in [3.63, 3.8) is 0 Å². The second kappa shape index (κ2) is 5.48. The molecule has 0 saturated heterocycles. The lowest BCUT2D eigenvalue weighted by Crippen LogP contribution is -2.49. The highest BCUT2D eigenvalue weighted by atomic mass is 16.2. The number of fused-ring (bicyclic) bond motifs is 2. The van der Waals surface area contributed by atoms with Crippen molar-refractivity contribution in [1.29, 1.82) is 0 Å². The fourth-order valence-corrected chi connectivity index (χ4v) is 3.96. The Kier molecular flexibility index (Phi) is 3.41. The van der Waals surface area contributed by atoms with E-state index in [1.54, 1.807) is 9.80 Å². The summed E-state index contributed by atoms with van der Waals surface area (Å²) in [7, 11) is 0. The molecule has 2 heterocycles. The SMILES string of the molecule is CC1Cc2ccccc2N1C(=O)C(=O)N1c2ccccc2CC1C. The van der Waals surface area contributed by atoms with Gasteiger partial charge >= 0.3 is 11.8 Å². The summed E-state index contributed by atoms with van der Waals surface area (Å²) in [6.45, 7) is 3.99. The Morgan fingerprint density at radius 3 is 1.54 bits per heavy atom. The molecule has 2 unspecified atom stereocenters. The highest BCUT2D eigenvalue weighted by Crippen LogP contribution is 2.35. The molecule has 0 aliphatic carbocycles. The van der Waals surface area contributed by atoms with Gasteiger partial charge in [0.05, 0.1) is 0 Å². The van der Waals surface area contributed by atoms with Crippen LogP contribution < -0.4 is 9.80 Å². The third kappa shape index (κ3) is 2.13. The molecular formula is C20H20N2O2. The quantitative estimate of drug-likeness (QED) is 0.700. The Hall–Kier alpha value is -2.62. The summed E-state index contributed by atoms with van der Waals surface area (Å²) in [5, 5.41) is 0. The molecule has 2 aromatic carbocycles. The van der Waals surface area contributed by atoms with Gasteiger partial charge in [-0.1, -0.05) is 36.4 Å². The van der Waals surface area contributed by atoms with Gasteiger partial charge in [0.15, 0.2) is 0 Å². The van der Waals surface area contributed by atoms with Gasteiger partial charge in [0.25, 0.3) is 0 Å². The molecule has 24 heavy (non-hydrogen) atoms. The second-order valence-electron chi connectivity index (χ2n) is 6.71. The van der Waals surface area contributed by atoms with Crippen molar-refractivity contribution in [3.8, 4) is 0 Å². The summed E-state index contributed by atoms with van der Waals surface area (Å²) >= 11 is 0. The van der Waals surface area contributed by atoms with Crippen molar-refractivity contribution in [2.24, 2.45) is 0 Å². The molecule has 2 aliphatic heterocycles. The van der Waals surface area contributed by atoms with Gasteiger partial charge in [-0.05, 0) is 49.9 Å². The number of amides is 2. The molecule has 0 radical (unpaired) electrons. The minimum absolute atomic E-state index is 0.00648. The van der Waals surface area contributed by atoms with Crippen LogP contribution in [0.1, 0.15) is 25.0 Å². The van der Waals surface area contributed by atoms with Crippen molar-refractivity contribution in [2.45, 2.75) is 38.8 Å². The third-order valence-electron chi connectivity index (χ3n) is 5.04.